The zero-order valence-electron chi connectivity index (χ0n) is 11.1. The van der Waals surface area contributed by atoms with Gasteiger partial charge < -0.3 is 18.9 Å². The topological polar surface area (TPSA) is 71.1 Å². The molecule has 0 aliphatic carbocycles. The zero-order valence-corrected chi connectivity index (χ0v) is 11.1. The molecule has 0 bridgehead atoms. The lowest BCUT2D eigenvalue weighted by atomic mass is 10.2. The van der Waals surface area contributed by atoms with Crippen molar-refractivity contribution < 1.29 is 28.5 Å². The van der Waals surface area contributed by atoms with E-state index in [0.717, 1.165) is 0 Å². The molecule has 1 aliphatic rings. The molecule has 20 heavy (non-hydrogen) atoms. The second-order valence-corrected chi connectivity index (χ2v) is 4.00. The summed E-state index contributed by atoms with van der Waals surface area (Å²) in [5.41, 5.74) is 0.279. The standard InChI is InChI=1S/C14H14O6/c1-17-9-3-5-11(12(7-9)18-2)14(16)19-8-10-4-6-13(15)20-10/h3-7,10H,8H2,1-2H3/t10-/m0/s1. The van der Waals surface area contributed by atoms with E-state index in [9.17, 15) is 9.59 Å². The average molecular weight is 278 g/mol. The first-order valence-electron chi connectivity index (χ1n) is 5.92. The minimum absolute atomic E-state index is 0.0315. The molecule has 2 rings (SSSR count). The number of cyclic esters (lactones) is 1. The highest BCUT2D eigenvalue weighted by atomic mass is 16.6. The van der Waals surface area contributed by atoms with Crippen molar-refractivity contribution in [3.05, 3.63) is 35.9 Å². The van der Waals surface area contributed by atoms with Crippen LogP contribution in [0.3, 0.4) is 0 Å². The van der Waals surface area contributed by atoms with E-state index in [2.05, 4.69) is 0 Å². The maximum absolute atomic E-state index is 12.0. The van der Waals surface area contributed by atoms with Crippen LogP contribution in [-0.2, 0) is 14.3 Å². The lowest BCUT2D eigenvalue weighted by Gasteiger charge is -2.12. The first-order chi connectivity index (χ1) is 9.63. The SMILES string of the molecule is COc1ccc(C(=O)OC[C@@H]2C=CC(=O)O2)c(OC)c1. The number of carbonyl (C=O) groups is 2. The van der Waals surface area contributed by atoms with Crippen molar-refractivity contribution in [1.29, 1.82) is 0 Å². The van der Waals surface area contributed by atoms with E-state index in [1.165, 1.54) is 20.3 Å². The second-order valence-electron chi connectivity index (χ2n) is 4.00. The highest BCUT2D eigenvalue weighted by Gasteiger charge is 2.20. The molecule has 106 valence electrons. The first-order valence-corrected chi connectivity index (χ1v) is 5.92. The summed E-state index contributed by atoms with van der Waals surface area (Å²) >= 11 is 0. The third-order valence-electron chi connectivity index (χ3n) is 2.72. The van der Waals surface area contributed by atoms with E-state index < -0.39 is 18.0 Å². The molecule has 6 nitrogen and oxygen atoms in total. The Morgan fingerprint density at radius 1 is 1.30 bits per heavy atom. The smallest absolute Gasteiger partial charge is 0.342 e. The molecular formula is C14H14O6. The van der Waals surface area contributed by atoms with Crippen molar-refractivity contribution in [2.75, 3.05) is 20.8 Å². The number of hydrogen-bond acceptors (Lipinski definition) is 6. The van der Waals surface area contributed by atoms with Crippen molar-refractivity contribution in [2.24, 2.45) is 0 Å². The minimum Gasteiger partial charge on any atom is -0.497 e. The number of hydrogen-bond donors (Lipinski definition) is 0. The Morgan fingerprint density at radius 3 is 2.70 bits per heavy atom. The molecule has 0 fully saturated rings. The summed E-state index contributed by atoms with van der Waals surface area (Å²) in [6.07, 6.45) is 2.31. The fraction of sp³-hybridized carbons (Fsp3) is 0.286. The summed E-state index contributed by atoms with van der Waals surface area (Å²) in [5, 5.41) is 0. The molecule has 0 aromatic heterocycles. The van der Waals surface area contributed by atoms with Crippen LogP contribution in [-0.4, -0.2) is 38.9 Å². The van der Waals surface area contributed by atoms with Crippen LogP contribution in [0.4, 0.5) is 0 Å². The van der Waals surface area contributed by atoms with Crippen LogP contribution < -0.4 is 9.47 Å². The minimum atomic E-state index is -0.555. The Labute approximate surface area is 115 Å². The Kier molecular flexibility index (Phi) is 4.24. The average Bonchev–Trinajstić information content (AvgIpc) is 2.89. The van der Waals surface area contributed by atoms with Crippen molar-refractivity contribution >= 4 is 11.9 Å². The van der Waals surface area contributed by atoms with Gasteiger partial charge in [0.2, 0.25) is 0 Å². The lowest BCUT2D eigenvalue weighted by Crippen LogP contribution is -2.19. The fourth-order valence-corrected chi connectivity index (χ4v) is 1.71. The lowest BCUT2D eigenvalue weighted by molar-refractivity contribution is -0.140. The molecule has 0 N–H and O–H groups in total. The molecule has 1 aromatic carbocycles. The predicted octanol–water partition coefficient (Wildman–Crippen LogP) is 1.34. The van der Waals surface area contributed by atoms with Gasteiger partial charge in [-0.25, -0.2) is 9.59 Å². The van der Waals surface area contributed by atoms with Crippen molar-refractivity contribution in [3.63, 3.8) is 0 Å². The molecule has 1 heterocycles. The number of rotatable bonds is 5. The predicted molar refractivity (Wildman–Crippen MR) is 68.8 cm³/mol. The molecule has 6 heteroatoms. The molecule has 1 aliphatic heterocycles. The van der Waals surface area contributed by atoms with Gasteiger partial charge in [0, 0.05) is 12.1 Å². The van der Waals surface area contributed by atoms with Crippen molar-refractivity contribution in [1.82, 2.24) is 0 Å². The van der Waals surface area contributed by atoms with Gasteiger partial charge in [0.15, 0.2) is 6.10 Å². The molecule has 1 atom stereocenters. The van der Waals surface area contributed by atoms with Crippen molar-refractivity contribution in [2.45, 2.75) is 6.10 Å². The highest BCUT2D eigenvalue weighted by molar-refractivity contribution is 5.93. The van der Waals surface area contributed by atoms with Gasteiger partial charge >= 0.3 is 11.9 Å². The number of ether oxygens (including phenoxy) is 4. The second kappa shape index (κ2) is 6.10. The number of esters is 2. The van der Waals surface area contributed by atoms with E-state index in [-0.39, 0.29) is 12.2 Å². The summed E-state index contributed by atoms with van der Waals surface area (Å²) < 4.78 is 20.1. The Morgan fingerprint density at radius 2 is 2.10 bits per heavy atom. The number of methoxy groups -OCH3 is 2. The van der Waals surface area contributed by atoms with Crippen LogP contribution in [0, 0.1) is 0 Å². The van der Waals surface area contributed by atoms with E-state index in [0.29, 0.717) is 11.5 Å². The summed E-state index contributed by atoms with van der Waals surface area (Å²) in [7, 11) is 2.97. The van der Waals surface area contributed by atoms with Crippen LogP contribution >= 0.6 is 0 Å². The normalized spacial score (nSPS) is 16.7. The highest BCUT2D eigenvalue weighted by Crippen LogP contribution is 2.25. The van der Waals surface area contributed by atoms with Crippen LogP contribution in [0.5, 0.6) is 11.5 Å². The van der Waals surface area contributed by atoms with Gasteiger partial charge in [0.05, 0.1) is 14.2 Å². The molecule has 0 saturated heterocycles. The maximum atomic E-state index is 12.0. The summed E-state index contributed by atoms with van der Waals surface area (Å²) in [5.74, 6) is -0.0618. The van der Waals surface area contributed by atoms with Crippen LogP contribution in [0.2, 0.25) is 0 Å². The Balaban J connectivity index is 2.01. The third kappa shape index (κ3) is 3.09. The maximum Gasteiger partial charge on any atom is 0.342 e. The zero-order chi connectivity index (χ0) is 14.5. The molecule has 1 aromatic rings. The molecule has 0 amide bonds. The van der Waals surface area contributed by atoms with Gasteiger partial charge in [-0.3, -0.25) is 0 Å². The molecule has 0 unspecified atom stereocenters. The Hall–Kier alpha value is -2.50. The number of carbonyl (C=O) groups excluding carboxylic acids is 2. The van der Waals surface area contributed by atoms with Crippen LogP contribution in [0.25, 0.3) is 0 Å². The van der Waals surface area contributed by atoms with Crippen LogP contribution in [0.1, 0.15) is 10.4 Å². The molecular weight excluding hydrogens is 264 g/mol. The number of benzene rings is 1. The molecule has 0 spiro atoms. The van der Waals surface area contributed by atoms with Gasteiger partial charge in [0.25, 0.3) is 0 Å². The van der Waals surface area contributed by atoms with Gasteiger partial charge in [-0.15, -0.1) is 0 Å². The van der Waals surface area contributed by atoms with Gasteiger partial charge in [-0.05, 0) is 18.2 Å². The van der Waals surface area contributed by atoms with Gasteiger partial charge in [0.1, 0.15) is 23.7 Å². The van der Waals surface area contributed by atoms with Crippen LogP contribution in [0.15, 0.2) is 30.4 Å². The third-order valence-corrected chi connectivity index (χ3v) is 2.72. The van der Waals surface area contributed by atoms with Gasteiger partial charge in [-0.1, -0.05) is 0 Å². The van der Waals surface area contributed by atoms with E-state index in [1.54, 1.807) is 24.3 Å². The quantitative estimate of drug-likeness (QED) is 0.757. The summed E-state index contributed by atoms with van der Waals surface area (Å²) in [4.78, 5) is 22.8. The summed E-state index contributed by atoms with van der Waals surface area (Å²) in [6, 6.07) is 4.77. The fourth-order valence-electron chi connectivity index (χ4n) is 1.71. The summed E-state index contributed by atoms with van der Waals surface area (Å²) in [6.45, 7) is -0.0315. The first kappa shape index (κ1) is 13.9. The Bertz CT molecular complexity index is 549. The molecule has 0 radical (unpaired) electrons. The monoisotopic (exact) mass is 278 g/mol. The van der Waals surface area contributed by atoms with E-state index in [1.807, 2.05) is 0 Å². The van der Waals surface area contributed by atoms with E-state index >= 15 is 0 Å². The van der Waals surface area contributed by atoms with E-state index in [4.69, 9.17) is 18.9 Å². The van der Waals surface area contributed by atoms with Crippen molar-refractivity contribution in [3.8, 4) is 11.5 Å². The molecule has 0 saturated carbocycles. The van der Waals surface area contributed by atoms with Gasteiger partial charge in [-0.2, -0.15) is 0 Å². The largest absolute Gasteiger partial charge is 0.497 e.